The van der Waals surface area contributed by atoms with Gasteiger partial charge in [0.1, 0.15) is 11.5 Å². The van der Waals surface area contributed by atoms with E-state index in [2.05, 4.69) is 9.72 Å². The molecule has 0 radical (unpaired) electrons. The highest BCUT2D eigenvalue weighted by molar-refractivity contribution is 6.17. The zero-order valence-electron chi connectivity index (χ0n) is 9.04. The maximum Gasteiger partial charge on any atom is 0.310 e. The Morgan fingerprint density at radius 2 is 2.24 bits per heavy atom. The molecule has 0 saturated carbocycles. The second kappa shape index (κ2) is 5.77. The van der Waals surface area contributed by atoms with E-state index in [9.17, 15) is 13.6 Å². The fourth-order valence-corrected chi connectivity index (χ4v) is 1.51. The van der Waals surface area contributed by atoms with Gasteiger partial charge in [0, 0.05) is 5.56 Å². The number of halogens is 3. The molecule has 1 aromatic heterocycles. The third-order valence-corrected chi connectivity index (χ3v) is 2.45. The van der Waals surface area contributed by atoms with Crippen molar-refractivity contribution in [3.05, 3.63) is 22.9 Å². The van der Waals surface area contributed by atoms with Crippen molar-refractivity contribution in [1.82, 2.24) is 4.98 Å². The molecule has 1 aromatic rings. The van der Waals surface area contributed by atoms with E-state index in [4.69, 9.17) is 17.3 Å². The number of alkyl halides is 3. The number of ether oxygens (including phenoxy) is 1. The van der Waals surface area contributed by atoms with Crippen molar-refractivity contribution in [3.63, 3.8) is 0 Å². The van der Waals surface area contributed by atoms with Gasteiger partial charge in [0.15, 0.2) is 0 Å². The average Bonchev–Trinajstić information content (AvgIpc) is 2.30. The number of carbonyl (C=O) groups excluding carboxylic acids is 1. The lowest BCUT2D eigenvalue weighted by Crippen LogP contribution is -2.11. The summed E-state index contributed by atoms with van der Waals surface area (Å²) < 4.78 is 29.8. The Bertz CT molecular complexity index is 427. The van der Waals surface area contributed by atoms with E-state index in [1.54, 1.807) is 0 Å². The normalized spacial score (nSPS) is 10.6. The topological polar surface area (TPSA) is 65.2 Å². The second-order valence-electron chi connectivity index (χ2n) is 3.26. The van der Waals surface area contributed by atoms with Crippen molar-refractivity contribution in [2.75, 3.05) is 12.8 Å². The molecular weight excluding hydrogens is 254 g/mol. The van der Waals surface area contributed by atoms with Crippen LogP contribution in [0.1, 0.15) is 23.2 Å². The molecule has 94 valence electrons. The van der Waals surface area contributed by atoms with E-state index in [1.807, 2.05) is 0 Å². The fourth-order valence-electron chi connectivity index (χ4n) is 1.30. The van der Waals surface area contributed by atoms with Gasteiger partial charge >= 0.3 is 5.97 Å². The molecule has 0 aliphatic rings. The molecule has 0 amide bonds. The highest BCUT2D eigenvalue weighted by Gasteiger charge is 2.19. The SMILES string of the molecule is COC(=O)Cc1cc(CCl)c(N)nc1C(F)F. The number of aromatic nitrogens is 1. The molecule has 0 unspecified atom stereocenters. The summed E-state index contributed by atoms with van der Waals surface area (Å²) in [5.74, 6) is -0.640. The smallest absolute Gasteiger partial charge is 0.310 e. The summed E-state index contributed by atoms with van der Waals surface area (Å²) >= 11 is 5.58. The molecule has 7 heteroatoms. The van der Waals surface area contributed by atoms with Gasteiger partial charge in [0.25, 0.3) is 6.43 Å². The maximum absolute atomic E-state index is 12.7. The zero-order chi connectivity index (χ0) is 13.0. The lowest BCUT2D eigenvalue weighted by Gasteiger charge is -2.10. The Labute approximate surface area is 102 Å². The lowest BCUT2D eigenvalue weighted by molar-refractivity contribution is -0.139. The minimum absolute atomic E-state index is 0.0382. The van der Waals surface area contributed by atoms with Crippen molar-refractivity contribution in [2.45, 2.75) is 18.7 Å². The summed E-state index contributed by atoms with van der Waals surface area (Å²) in [4.78, 5) is 14.6. The number of rotatable bonds is 4. The number of hydrogen-bond donors (Lipinski definition) is 1. The van der Waals surface area contributed by atoms with Crippen LogP contribution in [0.15, 0.2) is 6.07 Å². The van der Waals surface area contributed by atoms with Crippen molar-refractivity contribution in [3.8, 4) is 0 Å². The number of nitrogens with two attached hydrogens (primary N) is 1. The zero-order valence-corrected chi connectivity index (χ0v) is 9.80. The second-order valence-corrected chi connectivity index (χ2v) is 3.53. The van der Waals surface area contributed by atoms with Gasteiger partial charge < -0.3 is 10.5 Å². The van der Waals surface area contributed by atoms with Crippen LogP contribution in [-0.2, 0) is 21.8 Å². The van der Waals surface area contributed by atoms with Gasteiger partial charge in [-0.3, -0.25) is 4.79 Å². The molecule has 0 aliphatic carbocycles. The summed E-state index contributed by atoms with van der Waals surface area (Å²) in [5.41, 5.74) is 5.44. The molecule has 0 aliphatic heterocycles. The predicted octanol–water partition coefficient (Wildman–Crippen LogP) is 2.06. The van der Waals surface area contributed by atoms with E-state index in [-0.39, 0.29) is 23.7 Å². The van der Waals surface area contributed by atoms with E-state index in [1.165, 1.54) is 13.2 Å². The fraction of sp³-hybridized carbons (Fsp3) is 0.400. The van der Waals surface area contributed by atoms with Gasteiger partial charge in [-0.1, -0.05) is 0 Å². The number of hydrogen-bond acceptors (Lipinski definition) is 4. The first-order valence-electron chi connectivity index (χ1n) is 4.68. The van der Waals surface area contributed by atoms with E-state index >= 15 is 0 Å². The van der Waals surface area contributed by atoms with Crippen molar-refractivity contribution >= 4 is 23.4 Å². The summed E-state index contributed by atoms with van der Waals surface area (Å²) in [5, 5.41) is 0. The molecule has 17 heavy (non-hydrogen) atoms. The molecule has 0 saturated heterocycles. The number of nitrogens with zero attached hydrogens (tertiary/aromatic N) is 1. The van der Waals surface area contributed by atoms with Crippen LogP contribution in [0.5, 0.6) is 0 Å². The van der Waals surface area contributed by atoms with Gasteiger partial charge in [-0.25, -0.2) is 13.8 Å². The van der Waals surface area contributed by atoms with Crippen LogP contribution in [0.2, 0.25) is 0 Å². The summed E-state index contributed by atoms with van der Waals surface area (Å²) in [7, 11) is 1.18. The number of methoxy groups -OCH3 is 1. The molecule has 0 atom stereocenters. The lowest BCUT2D eigenvalue weighted by atomic mass is 10.1. The van der Waals surface area contributed by atoms with Crippen LogP contribution in [0.3, 0.4) is 0 Å². The first-order chi connectivity index (χ1) is 7.99. The van der Waals surface area contributed by atoms with Gasteiger partial charge in [-0.15, -0.1) is 11.6 Å². The largest absolute Gasteiger partial charge is 0.469 e. The molecule has 1 heterocycles. The van der Waals surface area contributed by atoms with E-state index in [0.717, 1.165) is 0 Å². The van der Waals surface area contributed by atoms with Crippen LogP contribution in [-0.4, -0.2) is 18.1 Å². The Morgan fingerprint density at radius 1 is 1.59 bits per heavy atom. The summed E-state index contributed by atoms with van der Waals surface area (Å²) in [6, 6.07) is 1.35. The van der Waals surface area contributed by atoms with E-state index in [0.29, 0.717) is 5.56 Å². The van der Waals surface area contributed by atoms with Gasteiger partial charge in [0.2, 0.25) is 0 Å². The van der Waals surface area contributed by atoms with Crippen LogP contribution in [0, 0.1) is 0 Å². The highest BCUT2D eigenvalue weighted by atomic mass is 35.5. The third-order valence-electron chi connectivity index (χ3n) is 2.16. The van der Waals surface area contributed by atoms with Gasteiger partial charge in [-0.2, -0.15) is 0 Å². The van der Waals surface area contributed by atoms with Gasteiger partial charge in [-0.05, 0) is 11.6 Å². The standard InChI is InChI=1S/C10H11ClF2N2O2/c1-17-7(16)3-5-2-6(4-11)10(14)15-8(5)9(12)13/h2,9H,3-4H2,1H3,(H2,14,15). The Hall–Kier alpha value is -1.43. The van der Waals surface area contributed by atoms with Crippen LogP contribution in [0.25, 0.3) is 0 Å². The minimum Gasteiger partial charge on any atom is -0.469 e. The highest BCUT2D eigenvalue weighted by Crippen LogP contribution is 2.25. The first kappa shape index (κ1) is 13.6. The molecule has 0 aromatic carbocycles. The number of nitrogen functional groups attached to an aromatic ring is 1. The minimum atomic E-state index is -2.80. The van der Waals surface area contributed by atoms with Crippen molar-refractivity contribution in [1.29, 1.82) is 0 Å². The van der Waals surface area contributed by atoms with Crippen molar-refractivity contribution in [2.24, 2.45) is 0 Å². The Balaban J connectivity index is 3.19. The molecule has 2 N–H and O–H groups in total. The Kier molecular flexibility index (Phi) is 4.62. The maximum atomic E-state index is 12.7. The molecule has 1 rings (SSSR count). The number of carbonyl (C=O) groups is 1. The van der Waals surface area contributed by atoms with Crippen LogP contribution >= 0.6 is 11.6 Å². The Morgan fingerprint density at radius 3 is 2.71 bits per heavy atom. The van der Waals surface area contributed by atoms with E-state index < -0.39 is 18.1 Å². The number of esters is 1. The number of anilines is 1. The molecule has 0 spiro atoms. The molecule has 0 fully saturated rings. The molecule has 0 bridgehead atoms. The van der Waals surface area contributed by atoms with Gasteiger partial charge in [0.05, 0.1) is 19.4 Å². The quantitative estimate of drug-likeness (QED) is 0.668. The summed E-state index contributed by atoms with van der Waals surface area (Å²) in [6.07, 6.45) is -3.09. The predicted molar refractivity (Wildman–Crippen MR) is 58.9 cm³/mol. The van der Waals surface area contributed by atoms with Crippen LogP contribution < -0.4 is 5.73 Å². The average molecular weight is 265 g/mol. The molecular formula is C10H11ClF2N2O2. The third kappa shape index (κ3) is 3.26. The monoisotopic (exact) mass is 264 g/mol. The molecule has 4 nitrogen and oxygen atoms in total. The van der Waals surface area contributed by atoms with Crippen molar-refractivity contribution < 1.29 is 18.3 Å². The first-order valence-corrected chi connectivity index (χ1v) is 5.22. The summed E-state index contributed by atoms with van der Waals surface area (Å²) in [6.45, 7) is 0. The number of pyridine rings is 1. The van der Waals surface area contributed by atoms with Crippen LogP contribution in [0.4, 0.5) is 14.6 Å².